The van der Waals surface area contributed by atoms with E-state index in [4.69, 9.17) is 15.6 Å². The molecule has 3 N–H and O–H groups in total. The number of benzene rings is 1. The fourth-order valence-corrected chi connectivity index (χ4v) is 1.56. The molecular weight excluding hydrogens is 190 g/mol. The fourth-order valence-electron chi connectivity index (χ4n) is 1.56. The SMILES string of the molecule is Cc1cc(OCCN)c(C)cc1CCO. The maximum absolute atomic E-state index is 8.90. The first-order valence-corrected chi connectivity index (χ1v) is 5.23. The quantitative estimate of drug-likeness (QED) is 0.765. The van der Waals surface area contributed by atoms with Crippen LogP contribution in [0.4, 0.5) is 0 Å². The Bertz CT molecular complexity index is 324. The molecule has 0 radical (unpaired) electrons. The zero-order chi connectivity index (χ0) is 11.3. The molecule has 3 heteroatoms. The van der Waals surface area contributed by atoms with Gasteiger partial charge in [-0.05, 0) is 43.0 Å². The van der Waals surface area contributed by atoms with Crippen molar-refractivity contribution >= 4 is 0 Å². The number of nitrogens with two attached hydrogens (primary N) is 1. The van der Waals surface area contributed by atoms with Gasteiger partial charge in [0.05, 0.1) is 0 Å². The van der Waals surface area contributed by atoms with Gasteiger partial charge in [0.15, 0.2) is 0 Å². The summed E-state index contributed by atoms with van der Waals surface area (Å²) in [5, 5.41) is 8.90. The Morgan fingerprint density at radius 2 is 2.00 bits per heavy atom. The molecule has 0 aliphatic heterocycles. The highest BCUT2D eigenvalue weighted by molar-refractivity contribution is 5.41. The summed E-state index contributed by atoms with van der Waals surface area (Å²) in [6, 6.07) is 4.08. The molecular formula is C12H19NO2. The van der Waals surface area contributed by atoms with Gasteiger partial charge in [-0.25, -0.2) is 0 Å². The van der Waals surface area contributed by atoms with Crippen LogP contribution in [0.5, 0.6) is 5.75 Å². The fraction of sp³-hybridized carbons (Fsp3) is 0.500. The molecule has 1 aromatic carbocycles. The molecule has 0 aliphatic rings. The number of aliphatic hydroxyl groups is 1. The van der Waals surface area contributed by atoms with Gasteiger partial charge in [0.25, 0.3) is 0 Å². The first kappa shape index (κ1) is 12.0. The highest BCUT2D eigenvalue weighted by Crippen LogP contribution is 2.23. The number of aliphatic hydroxyl groups excluding tert-OH is 1. The molecule has 0 spiro atoms. The molecule has 0 aliphatic carbocycles. The normalized spacial score (nSPS) is 10.4. The number of hydrogen-bond acceptors (Lipinski definition) is 3. The summed E-state index contributed by atoms with van der Waals surface area (Å²) < 4.78 is 5.51. The van der Waals surface area contributed by atoms with Crippen molar-refractivity contribution in [2.75, 3.05) is 19.8 Å². The summed E-state index contributed by atoms with van der Waals surface area (Å²) >= 11 is 0. The van der Waals surface area contributed by atoms with Crippen LogP contribution < -0.4 is 10.5 Å². The van der Waals surface area contributed by atoms with Crippen molar-refractivity contribution in [1.82, 2.24) is 0 Å². The summed E-state index contributed by atoms with van der Waals surface area (Å²) in [5.41, 5.74) is 8.81. The van der Waals surface area contributed by atoms with Crippen LogP contribution in [-0.2, 0) is 6.42 Å². The van der Waals surface area contributed by atoms with Gasteiger partial charge >= 0.3 is 0 Å². The minimum atomic E-state index is 0.184. The summed E-state index contributed by atoms with van der Waals surface area (Å²) in [5.74, 6) is 0.889. The van der Waals surface area contributed by atoms with Crippen LogP contribution in [0.25, 0.3) is 0 Å². The Morgan fingerprint density at radius 1 is 1.27 bits per heavy atom. The van der Waals surface area contributed by atoms with Crippen LogP contribution in [0.2, 0.25) is 0 Å². The van der Waals surface area contributed by atoms with Crippen LogP contribution in [0.15, 0.2) is 12.1 Å². The van der Waals surface area contributed by atoms with Crippen molar-refractivity contribution in [3.63, 3.8) is 0 Å². The Hall–Kier alpha value is -1.06. The predicted octanol–water partition coefficient (Wildman–Crippen LogP) is 1.18. The van der Waals surface area contributed by atoms with E-state index in [2.05, 4.69) is 6.07 Å². The number of rotatable bonds is 5. The van der Waals surface area contributed by atoms with Gasteiger partial charge in [0.1, 0.15) is 12.4 Å². The van der Waals surface area contributed by atoms with Crippen LogP contribution in [0.3, 0.4) is 0 Å². The monoisotopic (exact) mass is 209 g/mol. The van der Waals surface area contributed by atoms with Crippen LogP contribution in [0, 0.1) is 13.8 Å². The van der Waals surface area contributed by atoms with Gasteiger partial charge < -0.3 is 15.6 Å². The highest BCUT2D eigenvalue weighted by Gasteiger charge is 2.04. The summed E-state index contributed by atoms with van der Waals surface area (Å²) in [6.45, 7) is 5.28. The molecule has 1 aromatic rings. The van der Waals surface area contributed by atoms with E-state index in [1.165, 1.54) is 5.56 Å². The van der Waals surface area contributed by atoms with Gasteiger partial charge in [-0.3, -0.25) is 0 Å². The molecule has 15 heavy (non-hydrogen) atoms. The van der Waals surface area contributed by atoms with Crippen LogP contribution in [0.1, 0.15) is 16.7 Å². The first-order valence-electron chi connectivity index (χ1n) is 5.23. The van der Waals surface area contributed by atoms with E-state index < -0.39 is 0 Å². The smallest absolute Gasteiger partial charge is 0.122 e. The molecule has 0 saturated carbocycles. The average molecular weight is 209 g/mol. The van der Waals surface area contributed by atoms with Gasteiger partial charge in [-0.2, -0.15) is 0 Å². The molecule has 0 saturated heterocycles. The van der Waals surface area contributed by atoms with E-state index in [0.717, 1.165) is 16.9 Å². The average Bonchev–Trinajstić information content (AvgIpc) is 2.21. The Balaban J connectivity index is 2.87. The summed E-state index contributed by atoms with van der Waals surface area (Å²) in [6.07, 6.45) is 0.698. The molecule has 0 fully saturated rings. The van der Waals surface area contributed by atoms with Gasteiger partial charge in [0.2, 0.25) is 0 Å². The van der Waals surface area contributed by atoms with E-state index in [0.29, 0.717) is 19.6 Å². The minimum absolute atomic E-state index is 0.184. The predicted molar refractivity (Wildman–Crippen MR) is 61.3 cm³/mol. The lowest BCUT2D eigenvalue weighted by molar-refractivity contribution is 0.299. The number of ether oxygens (including phenoxy) is 1. The standard InChI is InChI=1S/C12H19NO2/c1-9-8-12(15-6-4-13)10(2)7-11(9)3-5-14/h7-8,14H,3-6,13H2,1-2H3. The van der Waals surface area contributed by atoms with E-state index in [1.54, 1.807) is 0 Å². The molecule has 84 valence electrons. The van der Waals surface area contributed by atoms with Crippen LogP contribution >= 0.6 is 0 Å². The number of hydrogen-bond donors (Lipinski definition) is 2. The number of aryl methyl sites for hydroxylation is 2. The third-order valence-electron chi connectivity index (χ3n) is 2.39. The van der Waals surface area contributed by atoms with Gasteiger partial charge in [-0.15, -0.1) is 0 Å². The van der Waals surface area contributed by atoms with E-state index in [1.807, 2.05) is 19.9 Å². The van der Waals surface area contributed by atoms with Crippen molar-refractivity contribution in [2.45, 2.75) is 20.3 Å². The Labute approximate surface area is 90.9 Å². The second-order valence-corrected chi connectivity index (χ2v) is 3.65. The molecule has 0 atom stereocenters. The molecule has 0 unspecified atom stereocenters. The lowest BCUT2D eigenvalue weighted by atomic mass is 10.0. The first-order chi connectivity index (χ1) is 7.19. The van der Waals surface area contributed by atoms with Gasteiger partial charge in [0, 0.05) is 13.2 Å². The Morgan fingerprint density at radius 3 is 2.60 bits per heavy atom. The highest BCUT2D eigenvalue weighted by atomic mass is 16.5. The third-order valence-corrected chi connectivity index (χ3v) is 2.39. The minimum Gasteiger partial charge on any atom is -0.492 e. The largest absolute Gasteiger partial charge is 0.492 e. The van der Waals surface area contributed by atoms with Crippen molar-refractivity contribution < 1.29 is 9.84 Å². The van der Waals surface area contributed by atoms with Crippen molar-refractivity contribution in [2.24, 2.45) is 5.73 Å². The molecule has 0 amide bonds. The second-order valence-electron chi connectivity index (χ2n) is 3.65. The summed E-state index contributed by atoms with van der Waals surface area (Å²) in [4.78, 5) is 0. The topological polar surface area (TPSA) is 55.5 Å². The molecule has 3 nitrogen and oxygen atoms in total. The van der Waals surface area contributed by atoms with E-state index in [-0.39, 0.29) is 6.61 Å². The summed E-state index contributed by atoms with van der Waals surface area (Å²) in [7, 11) is 0. The Kier molecular flexibility index (Phi) is 4.59. The van der Waals surface area contributed by atoms with Gasteiger partial charge in [-0.1, -0.05) is 6.07 Å². The van der Waals surface area contributed by atoms with Crippen molar-refractivity contribution in [3.05, 3.63) is 28.8 Å². The van der Waals surface area contributed by atoms with E-state index >= 15 is 0 Å². The maximum Gasteiger partial charge on any atom is 0.122 e. The molecule has 1 rings (SSSR count). The third kappa shape index (κ3) is 3.22. The molecule has 0 bridgehead atoms. The second kappa shape index (κ2) is 5.73. The molecule has 0 aromatic heterocycles. The van der Waals surface area contributed by atoms with Crippen molar-refractivity contribution in [3.8, 4) is 5.75 Å². The van der Waals surface area contributed by atoms with E-state index in [9.17, 15) is 0 Å². The molecule has 0 heterocycles. The maximum atomic E-state index is 8.90. The lowest BCUT2D eigenvalue weighted by Crippen LogP contribution is -2.11. The lowest BCUT2D eigenvalue weighted by Gasteiger charge is -2.12. The zero-order valence-corrected chi connectivity index (χ0v) is 9.42. The van der Waals surface area contributed by atoms with Crippen molar-refractivity contribution in [1.29, 1.82) is 0 Å². The zero-order valence-electron chi connectivity index (χ0n) is 9.42. The van der Waals surface area contributed by atoms with Crippen LogP contribution in [-0.4, -0.2) is 24.9 Å².